The number of benzene rings is 2. The van der Waals surface area contributed by atoms with Crippen molar-refractivity contribution >= 4 is 46.2 Å². The number of non-ortho nitro benzene ring substituents is 2. The Bertz CT molecular complexity index is 1150. The molecule has 11 nitrogen and oxygen atoms in total. The molecule has 13 heteroatoms. The maximum atomic E-state index is 12.3. The van der Waals surface area contributed by atoms with Crippen molar-refractivity contribution in [2.75, 3.05) is 5.32 Å². The van der Waals surface area contributed by atoms with Crippen LogP contribution in [0.2, 0.25) is 10.0 Å². The third-order valence-corrected chi connectivity index (χ3v) is 4.39. The van der Waals surface area contributed by atoms with E-state index in [-0.39, 0.29) is 45.3 Å². The van der Waals surface area contributed by atoms with E-state index in [0.717, 1.165) is 12.1 Å². The molecule has 1 amide bonds. The highest BCUT2D eigenvalue weighted by atomic mass is 35.5. The Morgan fingerprint density at radius 3 is 2.37 bits per heavy atom. The number of halogens is 2. The maximum absolute atomic E-state index is 12.3. The summed E-state index contributed by atoms with van der Waals surface area (Å²) in [5, 5.41) is 28.3. The van der Waals surface area contributed by atoms with Gasteiger partial charge >= 0.3 is 0 Å². The molecule has 1 N–H and O–H groups in total. The molecule has 0 aliphatic rings. The maximum Gasteiger partial charge on any atom is 0.276 e. The number of nitro groups is 2. The highest BCUT2D eigenvalue weighted by Crippen LogP contribution is 2.29. The first-order valence-corrected chi connectivity index (χ1v) is 8.85. The van der Waals surface area contributed by atoms with Gasteiger partial charge in [-0.05, 0) is 18.2 Å². The van der Waals surface area contributed by atoms with Crippen molar-refractivity contribution in [3.8, 4) is 5.75 Å². The standard InChI is InChI=1S/C17H11Cl2N5O6/c18-12-3-1-11(24(28)29)8-15(12)20-17(25)14-5-6-22(21-14)9-30-16-4-2-10(23(26)27)7-13(16)19/h1-8H,9H2,(H,20,25). The molecular formula is C17H11Cl2N5O6. The molecule has 0 spiro atoms. The van der Waals surface area contributed by atoms with Crippen molar-refractivity contribution in [2.45, 2.75) is 6.73 Å². The molecule has 0 atom stereocenters. The van der Waals surface area contributed by atoms with Gasteiger partial charge < -0.3 is 10.1 Å². The minimum atomic E-state index is -0.635. The summed E-state index contributed by atoms with van der Waals surface area (Å²) >= 11 is 11.9. The molecule has 0 saturated carbocycles. The Kier molecular flexibility index (Phi) is 6.14. The van der Waals surface area contributed by atoms with Gasteiger partial charge in [-0.3, -0.25) is 25.0 Å². The zero-order chi connectivity index (χ0) is 21.8. The summed E-state index contributed by atoms with van der Waals surface area (Å²) in [4.78, 5) is 32.8. The number of rotatable bonds is 7. The van der Waals surface area contributed by atoms with E-state index >= 15 is 0 Å². The fourth-order valence-electron chi connectivity index (χ4n) is 2.32. The van der Waals surface area contributed by atoms with Gasteiger partial charge in [-0.25, -0.2) is 4.68 Å². The zero-order valence-electron chi connectivity index (χ0n) is 14.8. The van der Waals surface area contributed by atoms with Crippen LogP contribution in [-0.2, 0) is 6.73 Å². The van der Waals surface area contributed by atoms with Gasteiger partial charge in [0, 0.05) is 30.5 Å². The number of anilines is 1. The average Bonchev–Trinajstić information content (AvgIpc) is 3.17. The predicted octanol–water partition coefficient (Wildman–Crippen LogP) is 4.30. The van der Waals surface area contributed by atoms with Crippen LogP contribution in [0.4, 0.5) is 17.1 Å². The van der Waals surface area contributed by atoms with Gasteiger partial charge in [-0.15, -0.1) is 0 Å². The van der Waals surface area contributed by atoms with E-state index in [1.54, 1.807) is 0 Å². The summed E-state index contributed by atoms with van der Waals surface area (Å²) in [6.45, 7) is -0.123. The van der Waals surface area contributed by atoms with Crippen LogP contribution in [0.5, 0.6) is 5.75 Å². The van der Waals surface area contributed by atoms with Crippen molar-refractivity contribution in [3.63, 3.8) is 0 Å². The van der Waals surface area contributed by atoms with Crippen LogP contribution < -0.4 is 10.1 Å². The Morgan fingerprint density at radius 2 is 1.70 bits per heavy atom. The highest BCUT2D eigenvalue weighted by molar-refractivity contribution is 6.34. The lowest BCUT2D eigenvalue weighted by Crippen LogP contribution is -2.14. The molecule has 3 aromatic rings. The van der Waals surface area contributed by atoms with Crippen LogP contribution in [0, 0.1) is 20.2 Å². The molecule has 0 saturated heterocycles. The van der Waals surface area contributed by atoms with Gasteiger partial charge in [-0.2, -0.15) is 5.10 Å². The summed E-state index contributed by atoms with van der Waals surface area (Å²) in [6, 6.07) is 8.80. The van der Waals surface area contributed by atoms with Crippen molar-refractivity contribution in [2.24, 2.45) is 0 Å². The molecular weight excluding hydrogens is 441 g/mol. The highest BCUT2D eigenvalue weighted by Gasteiger charge is 2.16. The number of nitrogens with zero attached hydrogens (tertiary/aromatic N) is 4. The second-order valence-electron chi connectivity index (χ2n) is 5.76. The van der Waals surface area contributed by atoms with E-state index < -0.39 is 15.8 Å². The van der Waals surface area contributed by atoms with E-state index in [1.807, 2.05) is 0 Å². The van der Waals surface area contributed by atoms with Crippen LogP contribution >= 0.6 is 23.2 Å². The minimum absolute atomic E-state index is 0.0102. The van der Waals surface area contributed by atoms with Crippen LogP contribution in [0.3, 0.4) is 0 Å². The van der Waals surface area contributed by atoms with E-state index in [9.17, 15) is 25.0 Å². The summed E-state index contributed by atoms with van der Waals surface area (Å²) < 4.78 is 6.74. The van der Waals surface area contributed by atoms with Crippen molar-refractivity contribution < 1.29 is 19.4 Å². The van der Waals surface area contributed by atoms with Gasteiger partial charge in [0.2, 0.25) is 0 Å². The van der Waals surface area contributed by atoms with Crippen LogP contribution in [0.1, 0.15) is 10.5 Å². The van der Waals surface area contributed by atoms with Gasteiger partial charge in [-0.1, -0.05) is 23.2 Å². The second kappa shape index (κ2) is 8.76. The molecule has 1 aromatic heterocycles. The SMILES string of the molecule is O=C(Nc1cc([N+](=O)[O-])ccc1Cl)c1ccn(COc2ccc([N+](=O)[O-])cc2Cl)n1. The predicted molar refractivity (Wildman–Crippen MR) is 107 cm³/mol. The monoisotopic (exact) mass is 451 g/mol. The summed E-state index contributed by atoms with van der Waals surface area (Å²) in [5.41, 5.74) is -0.325. The first-order valence-electron chi connectivity index (χ1n) is 8.10. The van der Waals surface area contributed by atoms with E-state index in [0.29, 0.717) is 0 Å². The molecule has 0 unspecified atom stereocenters. The number of amides is 1. The average molecular weight is 452 g/mol. The fraction of sp³-hybridized carbons (Fsp3) is 0.0588. The van der Waals surface area contributed by atoms with Gasteiger partial charge in [0.15, 0.2) is 12.4 Å². The third-order valence-electron chi connectivity index (χ3n) is 3.76. The molecule has 0 radical (unpaired) electrons. The lowest BCUT2D eigenvalue weighted by Gasteiger charge is -2.08. The topological polar surface area (TPSA) is 142 Å². The Hall–Kier alpha value is -3.70. The molecule has 30 heavy (non-hydrogen) atoms. The smallest absolute Gasteiger partial charge is 0.276 e. The molecule has 0 fully saturated rings. The number of nitro benzene ring substituents is 2. The number of ether oxygens (including phenoxy) is 1. The Morgan fingerprint density at radius 1 is 1.03 bits per heavy atom. The van der Waals surface area contributed by atoms with E-state index in [1.165, 1.54) is 41.2 Å². The fourth-order valence-corrected chi connectivity index (χ4v) is 2.71. The largest absolute Gasteiger partial charge is 0.470 e. The molecule has 0 bridgehead atoms. The quantitative estimate of drug-likeness (QED) is 0.416. The third kappa shape index (κ3) is 4.82. The summed E-state index contributed by atoms with van der Waals surface area (Å²) in [5.74, 6) is -0.434. The minimum Gasteiger partial charge on any atom is -0.470 e. The molecule has 0 aliphatic carbocycles. The number of aromatic nitrogens is 2. The Balaban J connectivity index is 1.66. The first kappa shape index (κ1) is 21.0. The molecule has 154 valence electrons. The van der Waals surface area contributed by atoms with Crippen LogP contribution in [0.25, 0.3) is 0 Å². The van der Waals surface area contributed by atoms with E-state index in [2.05, 4.69) is 10.4 Å². The number of carbonyl (C=O) groups excluding carboxylic acids is 1. The molecule has 0 aliphatic heterocycles. The number of nitrogens with one attached hydrogen (secondary N) is 1. The second-order valence-corrected chi connectivity index (χ2v) is 6.58. The molecule has 2 aromatic carbocycles. The van der Waals surface area contributed by atoms with Crippen molar-refractivity contribution in [1.82, 2.24) is 9.78 Å². The molecule has 1 heterocycles. The van der Waals surface area contributed by atoms with E-state index in [4.69, 9.17) is 27.9 Å². The summed E-state index contributed by atoms with van der Waals surface area (Å²) in [7, 11) is 0. The van der Waals surface area contributed by atoms with Crippen LogP contribution in [-0.4, -0.2) is 25.5 Å². The van der Waals surface area contributed by atoms with Gasteiger partial charge in [0.25, 0.3) is 17.3 Å². The first-order chi connectivity index (χ1) is 14.2. The number of hydrogen-bond donors (Lipinski definition) is 1. The Labute approximate surface area is 178 Å². The number of hydrogen-bond acceptors (Lipinski definition) is 7. The van der Waals surface area contributed by atoms with Crippen molar-refractivity contribution in [1.29, 1.82) is 0 Å². The summed E-state index contributed by atoms with van der Waals surface area (Å²) in [6.07, 6.45) is 1.46. The normalized spacial score (nSPS) is 10.5. The zero-order valence-corrected chi connectivity index (χ0v) is 16.3. The number of carbonyl (C=O) groups is 1. The van der Waals surface area contributed by atoms with Crippen LogP contribution in [0.15, 0.2) is 48.7 Å². The van der Waals surface area contributed by atoms with Gasteiger partial charge in [0.1, 0.15) is 5.75 Å². The molecule has 3 rings (SSSR count). The van der Waals surface area contributed by atoms with Gasteiger partial charge in [0.05, 0.1) is 25.6 Å². The lowest BCUT2D eigenvalue weighted by molar-refractivity contribution is -0.385. The lowest BCUT2D eigenvalue weighted by atomic mass is 10.2. The van der Waals surface area contributed by atoms with Crippen molar-refractivity contribution in [3.05, 3.63) is 84.6 Å².